The lowest BCUT2D eigenvalue weighted by Crippen LogP contribution is -2.34. The van der Waals surface area contributed by atoms with E-state index < -0.39 is 0 Å². The van der Waals surface area contributed by atoms with Crippen molar-refractivity contribution < 1.29 is 14.0 Å². The Labute approximate surface area is 147 Å². The van der Waals surface area contributed by atoms with Gasteiger partial charge in [-0.05, 0) is 55.7 Å². The van der Waals surface area contributed by atoms with Crippen LogP contribution >= 0.6 is 0 Å². The maximum absolute atomic E-state index is 12.7. The molecule has 0 aliphatic heterocycles. The lowest BCUT2D eigenvalue weighted by molar-refractivity contribution is -0.129. The summed E-state index contributed by atoms with van der Waals surface area (Å²) in [6, 6.07) is 11.1. The number of hydrogen-bond acceptors (Lipinski definition) is 3. The molecule has 1 atom stereocenters. The van der Waals surface area contributed by atoms with Gasteiger partial charge in [-0.1, -0.05) is 12.1 Å². The molecule has 1 aliphatic rings. The number of furan rings is 1. The molecule has 2 amide bonds. The molecule has 1 fully saturated rings. The maximum atomic E-state index is 12.7. The average Bonchev–Trinajstić information content (AvgIpc) is 3.31. The van der Waals surface area contributed by atoms with E-state index in [0.29, 0.717) is 5.56 Å². The van der Waals surface area contributed by atoms with Crippen molar-refractivity contribution in [2.75, 3.05) is 7.05 Å². The Bertz CT molecular complexity index is 759. The zero-order valence-corrected chi connectivity index (χ0v) is 14.4. The molecule has 3 rings (SSSR count). The van der Waals surface area contributed by atoms with Crippen molar-refractivity contribution in [3.05, 3.63) is 65.6 Å². The van der Waals surface area contributed by atoms with Crippen molar-refractivity contribution >= 4 is 17.9 Å². The molecule has 1 aliphatic carbocycles. The quantitative estimate of drug-likeness (QED) is 0.821. The third-order valence-electron chi connectivity index (χ3n) is 4.39. The molecule has 2 aromatic rings. The normalized spacial score (nSPS) is 15.1. The molecule has 0 radical (unpaired) electrons. The molecule has 1 aromatic heterocycles. The van der Waals surface area contributed by atoms with Gasteiger partial charge in [0, 0.05) is 24.7 Å². The third-order valence-corrected chi connectivity index (χ3v) is 4.39. The molecule has 1 N–H and O–H groups in total. The van der Waals surface area contributed by atoms with Crippen LogP contribution in [0.25, 0.3) is 6.08 Å². The number of rotatable bonds is 6. The predicted molar refractivity (Wildman–Crippen MR) is 95.9 cm³/mol. The Kier molecular flexibility index (Phi) is 5.03. The first-order valence-corrected chi connectivity index (χ1v) is 8.46. The van der Waals surface area contributed by atoms with Crippen LogP contribution in [-0.2, 0) is 4.79 Å². The standard InChI is InChI=1S/C20H22N2O3/c1-14(18-4-3-13-25-18)22(17-10-11-17)19(23)12-7-15-5-8-16(9-6-15)20(24)21-2/h3-9,12-14,17H,10-11H2,1-2H3,(H,21,24)/b12-7+. The summed E-state index contributed by atoms with van der Waals surface area (Å²) in [7, 11) is 1.60. The van der Waals surface area contributed by atoms with Crippen LogP contribution in [0.2, 0.25) is 0 Å². The van der Waals surface area contributed by atoms with Crippen molar-refractivity contribution in [1.82, 2.24) is 10.2 Å². The third kappa shape index (κ3) is 3.99. The van der Waals surface area contributed by atoms with Gasteiger partial charge in [-0.2, -0.15) is 0 Å². The topological polar surface area (TPSA) is 62.6 Å². The fraction of sp³-hybridized carbons (Fsp3) is 0.300. The van der Waals surface area contributed by atoms with E-state index in [1.54, 1.807) is 37.6 Å². The lowest BCUT2D eigenvalue weighted by atomic mass is 10.1. The highest BCUT2D eigenvalue weighted by molar-refractivity contribution is 5.95. The first-order chi connectivity index (χ1) is 12.1. The number of carbonyl (C=O) groups excluding carboxylic acids is 2. The molecule has 25 heavy (non-hydrogen) atoms. The number of hydrogen-bond donors (Lipinski definition) is 1. The summed E-state index contributed by atoms with van der Waals surface area (Å²) < 4.78 is 5.46. The van der Waals surface area contributed by atoms with E-state index in [9.17, 15) is 9.59 Å². The second-order valence-corrected chi connectivity index (χ2v) is 6.20. The highest BCUT2D eigenvalue weighted by atomic mass is 16.3. The summed E-state index contributed by atoms with van der Waals surface area (Å²) in [5.74, 6) is 0.643. The highest BCUT2D eigenvalue weighted by Crippen LogP contribution is 2.34. The van der Waals surface area contributed by atoms with Gasteiger partial charge in [0.25, 0.3) is 5.91 Å². The molecule has 0 saturated heterocycles. The van der Waals surface area contributed by atoms with Gasteiger partial charge in [-0.3, -0.25) is 9.59 Å². The minimum Gasteiger partial charge on any atom is -0.467 e. The van der Waals surface area contributed by atoms with Gasteiger partial charge in [-0.25, -0.2) is 0 Å². The van der Waals surface area contributed by atoms with E-state index in [1.807, 2.05) is 36.1 Å². The van der Waals surface area contributed by atoms with Crippen molar-refractivity contribution in [2.45, 2.75) is 31.8 Å². The number of nitrogens with zero attached hydrogens (tertiary/aromatic N) is 1. The van der Waals surface area contributed by atoms with Crippen molar-refractivity contribution in [3.8, 4) is 0 Å². The van der Waals surface area contributed by atoms with Crippen LogP contribution in [0.4, 0.5) is 0 Å². The summed E-state index contributed by atoms with van der Waals surface area (Å²) in [5, 5.41) is 2.58. The molecule has 1 saturated carbocycles. The monoisotopic (exact) mass is 338 g/mol. The van der Waals surface area contributed by atoms with Crippen LogP contribution in [-0.4, -0.2) is 29.8 Å². The molecule has 130 valence electrons. The highest BCUT2D eigenvalue weighted by Gasteiger charge is 2.36. The zero-order chi connectivity index (χ0) is 17.8. The van der Waals surface area contributed by atoms with Crippen molar-refractivity contribution in [3.63, 3.8) is 0 Å². The first kappa shape index (κ1) is 17.0. The van der Waals surface area contributed by atoms with Crippen LogP contribution in [0.5, 0.6) is 0 Å². The second kappa shape index (κ2) is 7.38. The van der Waals surface area contributed by atoms with Crippen LogP contribution < -0.4 is 5.32 Å². The molecule has 0 bridgehead atoms. The van der Waals surface area contributed by atoms with Crippen LogP contribution in [0.3, 0.4) is 0 Å². The zero-order valence-electron chi connectivity index (χ0n) is 14.4. The number of benzene rings is 1. The van der Waals surface area contributed by atoms with Gasteiger partial charge in [0.2, 0.25) is 5.91 Å². The summed E-state index contributed by atoms with van der Waals surface area (Å²) in [4.78, 5) is 26.1. The molecule has 0 spiro atoms. The molecule has 1 unspecified atom stereocenters. The summed E-state index contributed by atoms with van der Waals surface area (Å²) >= 11 is 0. The molecular formula is C20H22N2O3. The molecule has 5 nitrogen and oxygen atoms in total. The predicted octanol–water partition coefficient (Wildman–Crippen LogP) is 3.40. The van der Waals surface area contributed by atoms with Crippen molar-refractivity contribution in [2.24, 2.45) is 0 Å². The molecule has 1 heterocycles. The number of nitrogens with one attached hydrogen (secondary N) is 1. The van der Waals surface area contributed by atoms with E-state index in [0.717, 1.165) is 24.2 Å². The number of carbonyl (C=O) groups is 2. The van der Waals surface area contributed by atoms with Gasteiger partial charge in [-0.15, -0.1) is 0 Å². The Morgan fingerprint density at radius 3 is 2.52 bits per heavy atom. The van der Waals surface area contributed by atoms with E-state index in [1.165, 1.54) is 0 Å². The fourth-order valence-corrected chi connectivity index (χ4v) is 2.85. The molecule has 5 heteroatoms. The molecular weight excluding hydrogens is 316 g/mol. The van der Waals surface area contributed by atoms with Crippen LogP contribution in [0, 0.1) is 0 Å². The van der Waals surface area contributed by atoms with E-state index in [4.69, 9.17) is 4.42 Å². The van der Waals surface area contributed by atoms with Crippen LogP contribution in [0.1, 0.15) is 47.5 Å². The summed E-state index contributed by atoms with van der Waals surface area (Å²) in [5.41, 5.74) is 1.47. The first-order valence-electron chi connectivity index (χ1n) is 8.46. The van der Waals surface area contributed by atoms with Crippen LogP contribution in [0.15, 0.2) is 53.2 Å². The fourth-order valence-electron chi connectivity index (χ4n) is 2.85. The van der Waals surface area contributed by atoms with Gasteiger partial charge in [0.1, 0.15) is 5.76 Å². The average molecular weight is 338 g/mol. The minimum absolute atomic E-state index is 0.0261. The summed E-state index contributed by atoms with van der Waals surface area (Å²) in [6.45, 7) is 1.99. The van der Waals surface area contributed by atoms with E-state index >= 15 is 0 Å². The van der Waals surface area contributed by atoms with Gasteiger partial charge in [0.05, 0.1) is 12.3 Å². The Morgan fingerprint density at radius 2 is 1.96 bits per heavy atom. The minimum atomic E-state index is -0.126. The maximum Gasteiger partial charge on any atom is 0.251 e. The largest absolute Gasteiger partial charge is 0.467 e. The Hall–Kier alpha value is -2.82. The van der Waals surface area contributed by atoms with Gasteiger partial charge < -0.3 is 14.6 Å². The smallest absolute Gasteiger partial charge is 0.251 e. The Balaban J connectivity index is 1.71. The van der Waals surface area contributed by atoms with E-state index in [2.05, 4.69) is 5.32 Å². The number of amides is 2. The van der Waals surface area contributed by atoms with Gasteiger partial charge in [0.15, 0.2) is 0 Å². The van der Waals surface area contributed by atoms with Gasteiger partial charge >= 0.3 is 0 Å². The Morgan fingerprint density at radius 1 is 1.24 bits per heavy atom. The van der Waals surface area contributed by atoms with Crippen molar-refractivity contribution in [1.29, 1.82) is 0 Å². The molecule has 1 aromatic carbocycles. The summed E-state index contributed by atoms with van der Waals surface area (Å²) in [6.07, 6.45) is 7.06. The second-order valence-electron chi connectivity index (χ2n) is 6.20. The lowest BCUT2D eigenvalue weighted by Gasteiger charge is -2.26. The van der Waals surface area contributed by atoms with E-state index in [-0.39, 0.29) is 23.9 Å². The SMILES string of the molecule is CNC(=O)c1ccc(/C=C/C(=O)N(C2CC2)C(C)c2ccco2)cc1.